The number of aryl methyl sites for hydroxylation is 2. The van der Waals surface area contributed by atoms with Gasteiger partial charge in [0.25, 0.3) is 0 Å². The van der Waals surface area contributed by atoms with E-state index in [0.29, 0.717) is 16.5 Å². The summed E-state index contributed by atoms with van der Waals surface area (Å²) in [6.45, 7) is 9.82. The lowest BCUT2D eigenvalue weighted by atomic mass is 9.93. The van der Waals surface area contributed by atoms with Gasteiger partial charge in [-0.2, -0.15) is 0 Å². The van der Waals surface area contributed by atoms with E-state index in [9.17, 15) is 4.79 Å². The maximum Gasteiger partial charge on any atom is 0.212 e. The highest BCUT2D eigenvalue weighted by atomic mass is 35.5. The molecule has 4 rings (SSSR count). The largest absolute Gasteiger partial charge is 0.309 e. The van der Waals surface area contributed by atoms with Gasteiger partial charge in [-0.15, -0.1) is 0 Å². The molecule has 0 unspecified atom stereocenters. The first-order valence-corrected chi connectivity index (χ1v) is 11.3. The van der Waals surface area contributed by atoms with Crippen LogP contribution in [0.5, 0.6) is 0 Å². The zero-order chi connectivity index (χ0) is 21.4. The van der Waals surface area contributed by atoms with Crippen molar-refractivity contribution in [1.29, 1.82) is 0 Å². The summed E-state index contributed by atoms with van der Waals surface area (Å²) in [5.41, 5.74) is 4.99. The van der Waals surface area contributed by atoms with Gasteiger partial charge in [0.2, 0.25) is 5.95 Å². The van der Waals surface area contributed by atoms with Crippen LogP contribution in [0.3, 0.4) is 0 Å². The van der Waals surface area contributed by atoms with Crippen molar-refractivity contribution in [1.82, 2.24) is 14.5 Å². The average Bonchev–Trinajstić information content (AvgIpc) is 2.99. The lowest BCUT2D eigenvalue weighted by Gasteiger charge is -2.23. The predicted molar refractivity (Wildman–Crippen MR) is 123 cm³/mol. The van der Waals surface area contributed by atoms with Crippen LogP contribution in [0.1, 0.15) is 73.9 Å². The Labute approximate surface area is 183 Å². The summed E-state index contributed by atoms with van der Waals surface area (Å²) in [7, 11) is 0. The summed E-state index contributed by atoms with van der Waals surface area (Å²) in [6.07, 6.45) is 5.98. The highest BCUT2D eigenvalue weighted by Gasteiger charge is 2.27. The molecule has 0 fully saturated rings. The molecule has 0 atom stereocenters. The van der Waals surface area contributed by atoms with Crippen LogP contribution in [0, 0.1) is 6.92 Å². The van der Waals surface area contributed by atoms with Gasteiger partial charge in [-0.05, 0) is 68.7 Å². The Bertz CT molecular complexity index is 1100. The molecule has 0 spiro atoms. The van der Waals surface area contributed by atoms with Crippen molar-refractivity contribution in [3.05, 3.63) is 46.1 Å². The third-order valence-electron chi connectivity index (χ3n) is 6.25. The second kappa shape index (κ2) is 8.38. The molecule has 0 N–H and O–H groups in total. The number of pyridine rings is 1. The summed E-state index contributed by atoms with van der Waals surface area (Å²) >= 11 is 6.61. The van der Waals surface area contributed by atoms with Gasteiger partial charge in [-0.25, -0.2) is 9.97 Å². The number of hydrogen-bond donors (Lipinski definition) is 0. The second-order valence-electron chi connectivity index (χ2n) is 8.19. The van der Waals surface area contributed by atoms with Gasteiger partial charge in [0, 0.05) is 24.8 Å². The lowest BCUT2D eigenvalue weighted by Crippen LogP contribution is -2.22. The van der Waals surface area contributed by atoms with E-state index in [0.717, 1.165) is 67.1 Å². The van der Waals surface area contributed by atoms with Crippen LogP contribution < -0.4 is 4.90 Å². The number of nitrogens with zero attached hydrogens (tertiary/aromatic N) is 4. The Kier molecular flexibility index (Phi) is 5.83. The lowest BCUT2D eigenvalue weighted by molar-refractivity contribution is 0.101. The van der Waals surface area contributed by atoms with E-state index in [1.165, 1.54) is 5.56 Å². The number of imidazole rings is 1. The number of fused-ring (bicyclic) bond motifs is 3. The van der Waals surface area contributed by atoms with Gasteiger partial charge in [-0.3, -0.25) is 9.69 Å². The maximum atomic E-state index is 11.8. The average molecular weight is 425 g/mol. The minimum absolute atomic E-state index is 0.0295. The molecule has 30 heavy (non-hydrogen) atoms. The Balaban J connectivity index is 1.93. The fraction of sp³-hybridized carbons (Fsp3) is 0.458. The number of anilines is 2. The van der Waals surface area contributed by atoms with E-state index in [1.807, 2.05) is 19.1 Å². The SMILES string of the molecule is CCC(CC)c1ccc(Cl)c2nc3n(c12)CCCCN3c1ncc(C(C)=O)cc1C. The number of ketones is 1. The monoisotopic (exact) mass is 424 g/mol. The minimum atomic E-state index is 0.0295. The van der Waals surface area contributed by atoms with Crippen molar-refractivity contribution in [2.75, 3.05) is 11.4 Å². The number of hydrogen-bond acceptors (Lipinski definition) is 4. The highest BCUT2D eigenvalue weighted by molar-refractivity contribution is 6.35. The Morgan fingerprint density at radius 3 is 2.60 bits per heavy atom. The zero-order valence-corrected chi connectivity index (χ0v) is 19.0. The number of Topliss-reactive ketones (excluding diaryl/α,β-unsaturated/α-hetero) is 1. The number of benzene rings is 1. The molecule has 1 aromatic carbocycles. The third kappa shape index (κ3) is 3.49. The van der Waals surface area contributed by atoms with Crippen molar-refractivity contribution in [3.8, 4) is 0 Å². The number of carbonyl (C=O) groups is 1. The zero-order valence-electron chi connectivity index (χ0n) is 18.2. The topological polar surface area (TPSA) is 51.0 Å². The molecule has 3 heterocycles. The van der Waals surface area contributed by atoms with E-state index in [4.69, 9.17) is 16.6 Å². The van der Waals surface area contributed by atoms with Gasteiger partial charge in [0.05, 0.1) is 10.5 Å². The quantitative estimate of drug-likeness (QED) is 0.442. The van der Waals surface area contributed by atoms with Crippen LogP contribution in [0.25, 0.3) is 11.0 Å². The van der Waals surface area contributed by atoms with Gasteiger partial charge in [0.15, 0.2) is 5.78 Å². The van der Waals surface area contributed by atoms with Crippen LogP contribution in [-0.4, -0.2) is 26.9 Å². The molecule has 0 aliphatic carbocycles. The van der Waals surface area contributed by atoms with Gasteiger partial charge >= 0.3 is 0 Å². The first-order valence-electron chi connectivity index (χ1n) is 10.9. The molecular weight excluding hydrogens is 396 g/mol. The number of rotatable bonds is 5. The number of halogens is 1. The molecular formula is C24H29ClN4O. The van der Waals surface area contributed by atoms with E-state index in [1.54, 1.807) is 13.1 Å². The highest BCUT2D eigenvalue weighted by Crippen LogP contribution is 2.39. The summed E-state index contributed by atoms with van der Waals surface area (Å²) < 4.78 is 2.34. The molecule has 0 radical (unpaired) electrons. The smallest absolute Gasteiger partial charge is 0.212 e. The van der Waals surface area contributed by atoms with Crippen LogP contribution >= 0.6 is 11.6 Å². The van der Waals surface area contributed by atoms with Crippen molar-refractivity contribution < 1.29 is 4.79 Å². The predicted octanol–water partition coefficient (Wildman–Crippen LogP) is 6.43. The van der Waals surface area contributed by atoms with Crippen molar-refractivity contribution in [3.63, 3.8) is 0 Å². The summed E-state index contributed by atoms with van der Waals surface area (Å²) in [6, 6.07) is 6.09. The standard InChI is InChI=1S/C24H29ClN4O/c1-5-17(6-2)19-9-10-20(25)21-22(19)28-11-7-8-12-29(24(28)27-21)23-15(3)13-18(14-26-23)16(4)30/h9-10,13-14,17H,5-8,11-12H2,1-4H3. The first kappa shape index (κ1) is 20.9. The van der Waals surface area contributed by atoms with Crippen LogP contribution in [0.15, 0.2) is 24.4 Å². The Hall–Kier alpha value is -2.40. The first-order chi connectivity index (χ1) is 14.5. The molecule has 6 heteroatoms. The van der Waals surface area contributed by atoms with E-state index in [2.05, 4.69) is 34.4 Å². The molecule has 158 valence electrons. The Morgan fingerprint density at radius 1 is 1.20 bits per heavy atom. The molecule has 0 saturated carbocycles. The van der Waals surface area contributed by atoms with Crippen LogP contribution in [0.2, 0.25) is 5.02 Å². The third-order valence-corrected chi connectivity index (χ3v) is 6.55. The van der Waals surface area contributed by atoms with Gasteiger partial charge < -0.3 is 4.57 Å². The number of aromatic nitrogens is 3. The van der Waals surface area contributed by atoms with Gasteiger partial charge in [-0.1, -0.05) is 31.5 Å². The van der Waals surface area contributed by atoms with Crippen molar-refractivity contribution in [2.45, 2.75) is 65.8 Å². The molecule has 1 aliphatic heterocycles. The molecule has 2 aromatic heterocycles. The summed E-state index contributed by atoms with van der Waals surface area (Å²) in [4.78, 5) is 23.7. The fourth-order valence-electron chi connectivity index (χ4n) is 4.58. The summed E-state index contributed by atoms with van der Waals surface area (Å²) in [5, 5.41) is 0.692. The molecule has 5 nitrogen and oxygen atoms in total. The molecule has 0 bridgehead atoms. The van der Waals surface area contributed by atoms with E-state index in [-0.39, 0.29) is 5.78 Å². The van der Waals surface area contributed by atoms with Crippen molar-refractivity contribution in [2.24, 2.45) is 0 Å². The molecule has 0 amide bonds. The van der Waals surface area contributed by atoms with E-state index < -0.39 is 0 Å². The molecule has 3 aromatic rings. The maximum absolute atomic E-state index is 11.8. The molecule has 0 saturated heterocycles. The van der Waals surface area contributed by atoms with Crippen LogP contribution in [-0.2, 0) is 6.54 Å². The summed E-state index contributed by atoms with van der Waals surface area (Å²) in [5.74, 6) is 2.27. The van der Waals surface area contributed by atoms with Crippen molar-refractivity contribution >= 4 is 40.2 Å². The van der Waals surface area contributed by atoms with E-state index >= 15 is 0 Å². The molecule has 1 aliphatic rings. The normalized spacial score (nSPS) is 14.3. The fourth-order valence-corrected chi connectivity index (χ4v) is 4.77. The minimum Gasteiger partial charge on any atom is -0.309 e. The second-order valence-corrected chi connectivity index (χ2v) is 8.60. The van der Waals surface area contributed by atoms with Crippen LogP contribution in [0.4, 0.5) is 11.8 Å². The number of carbonyl (C=O) groups excluding carboxylic acids is 1. The van der Waals surface area contributed by atoms with Gasteiger partial charge in [0.1, 0.15) is 11.3 Å². The Morgan fingerprint density at radius 2 is 1.93 bits per heavy atom.